The number of nitrogens with two attached hydrogens (primary N) is 1. The first kappa shape index (κ1) is 13.4. The molecule has 0 spiro atoms. The number of rotatable bonds is 6. The van der Waals surface area contributed by atoms with Crippen LogP contribution >= 0.6 is 11.3 Å². The molecule has 0 aliphatic heterocycles. The van der Waals surface area contributed by atoms with Crippen molar-refractivity contribution in [3.63, 3.8) is 0 Å². The van der Waals surface area contributed by atoms with E-state index in [0.717, 1.165) is 4.88 Å². The second-order valence-corrected chi connectivity index (χ2v) is 7.26. The molecule has 0 atom stereocenters. The number of thiazole rings is 1. The van der Waals surface area contributed by atoms with Gasteiger partial charge >= 0.3 is 0 Å². The van der Waals surface area contributed by atoms with Crippen LogP contribution in [0, 0.1) is 0 Å². The Balaban J connectivity index is 2.40. The fourth-order valence-corrected chi connectivity index (χ4v) is 2.82. The summed E-state index contributed by atoms with van der Waals surface area (Å²) in [5.74, 6) is 0.405. The average Bonchev–Trinajstić information content (AvgIpc) is 2.61. The highest BCUT2D eigenvalue weighted by Gasteiger charge is 2.10. The Hall–Kier alpha value is -0.660. The Morgan fingerprint density at radius 2 is 2.25 bits per heavy atom. The third-order valence-corrected chi connectivity index (χ3v) is 4.72. The van der Waals surface area contributed by atoms with Crippen LogP contribution in [0.25, 0.3) is 0 Å². The van der Waals surface area contributed by atoms with Crippen LogP contribution in [0.15, 0.2) is 6.20 Å². The molecule has 1 aromatic rings. The largest absolute Gasteiger partial charge is 0.375 e. The van der Waals surface area contributed by atoms with Gasteiger partial charge in [0, 0.05) is 29.9 Å². The molecule has 0 aliphatic rings. The summed E-state index contributed by atoms with van der Waals surface area (Å²) in [6.45, 7) is 2.89. The minimum absolute atomic E-state index is 0.203. The third-order valence-electron chi connectivity index (χ3n) is 2.22. The van der Waals surface area contributed by atoms with Crippen LogP contribution in [0.1, 0.15) is 11.8 Å². The van der Waals surface area contributed by atoms with Gasteiger partial charge in [-0.3, -0.25) is 0 Å². The molecule has 1 aromatic heterocycles. The predicted octanol–water partition coefficient (Wildman–Crippen LogP) is 0.592. The SMILES string of the molecule is CCS(=O)(=O)CCN(C)Cc1cnc(N)s1. The van der Waals surface area contributed by atoms with Gasteiger partial charge in [-0.15, -0.1) is 11.3 Å². The van der Waals surface area contributed by atoms with Crippen molar-refractivity contribution >= 4 is 26.3 Å². The number of sulfone groups is 1. The number of nitrogen functional groups attached to an aromatic ring is 1. The molecular weight excluding hydrogens is 246 g/mol. The molecular formula is C9H17N3O2S2. The average molecular weight is 263 g/mol. The molecule has 0 bridgehead atoms. The van der Waals surface area contributed by atoms with Crippen LogP contribution in [0.2, 0.25) is 0 Å². The monoisotopic (exact) mass is 263 g/mol. The molecule has 0 radical (unpaired) electrons. The van der Waals surface area contributed by atoms with Crippen molar-refractivity contribution in [2.75, 3.05) is 30.8 Å². The van der Waals surface area contributed by atoms with Gasteiger partial charge in [-0.2, -0.15) is 0 Å². The van der Waals surface area contributed by atoms with E-state index in [-0.39, 0.29) is 11.5 Å². The van der Waals surface area contributed by atoms with E-state index >= 15 is 0 Å². The highest BCUT2D eigenvalue weighted by atomic mass is 32.2. The summed E-state index contributed by atoms with van der Waals surface area (Å²) in [5, 5.41) is 0.546. The number of anilines is 1. The van der Waals surface area contributed by atoms with E-state index in [2.05, 4.69) is 4.98 Å². The maximum absolute atomic E-state index is 11.3. The molecule has 7 heteroatoms. The molecule has 92 valence electrons. The van der Waals surface area contributed by atoms with Gasteiger partial charge in [0.25, 0.3) is 0 Å². The first-order valence-corrected chi connectivity index (χ1v) is 7.66. The van der Waals surface area contributed by atoms with Crippen molar-refractivity contribution in [3.8, 4) is 0 Å². The van der Waals surface area contributed by atoms with Gasteiger partial charge in [0.05, 0.1) is 5.75 Å². The molecule has 0 saturated carbocycles. The van der Waals surface area contributed by atoms with Crippen molar-refractivity contribution in [2.24, 2.45) is 0 Å². The molecule has 0 aromatic carbocycles. The fraction of sp³-hybridized carbons (Fsp3) is 0.667. The molecule has 0 unspecified atom stereocenters. The van der Waals surface area contributed by atoms with Gasteiger partial charge < -0.3 is 10.6 Å². The third kappa shape index (κ3) is 4.46. The lowest BCUT2D eigenvalue weighted by atomic mass is 10.5. The van der Waals surface area contributed by atoms with Crippen molar-refractivity contribution in [1.82, 2.24) is 9.88 Å². The highest BCUT2D eigenvalue weighted by Crippen LogP contribution is 2.15. The highest BCUT2D eigenvalue weighted by molar-refractivity contribution is 7.91. The summed E-state index contributed by atoms with van der Waals surface area (Å²) in [6.07, 6.45) is 1.73. The molecule has 0 fully saturated rings. The van der Waals surface area contributed by atoms with Crippen molar-refractivity contribution in [2.45, 2.75) is 13.5 Å². The summed E-state index contributed by atoms with van der Waals surface area (Å²) in [5.41, 5.74) is 5.51. The zero-order chi connectivity index (χ0) is 12.2. The molecule has 0 saturated heterocycles. The van der Waals surface area contributed by atoms with E-state index < -0.39 is 9.84 Å². The van der Waals surface area contributed by atoms with E-state index in [1.165, 1.54) is 11.3 Å². The van der Waals surface area contributed by atoms with Crippen LogP contribution in [-0.2, 0) is 16.4 Å². The Kier molecular flexibility index (Phi) is 4.69. The Labute approximate surface area is 100 Å². The Bertz CT molecular complexity index is 428. The van der Waals surface area contributed by atoms with Gasteiger partial charge in [0.1, 0.15) is 0 Å². The number of nitrogens with zero attached hydrogens (tertiary/aromatic N) is 2. The summed E-state index contributed by atoms with van der Waals surface area (Å²) in [4.78, 5) is 6.95. The summed E-state index contributed by atoms with van der Waals surface area (Å²) in [6, 6.07) is 0. The maximum atomic E-state index is 11.3. The molecule has 0 aliphatic carbocycles. The standard InChI is InChI=1S/C9H17N3O2S2/c1-3-16(13,14)5-4-12(2)7-8-6-11-9(10)15-8/h6H,3-5,7H2,1-2H3,(H2,10,11). The topological polar surface area (TPSA) is 76.3 Å². The van der Waals surface area contributed by atoms with E-state index in [0.29, 0.717) is 18.2 Å². The van der Waals surface area contributed by atoms with E-state index in [4.69, 9.17) is 5.73 Å². The maximum Gasteiger partial charge on any atom is 0.180 e. The Morgan fingerprint density at radius 3 is 2.75 bits per heavy atom. The summed E-state index contributed by atoms with van der Waals surface area (Å²) in [7, 11) is -0.990. The number of hydrogen-bond acceptors (Lipinski definition) is 6. The van der Waals surface area contributed by atoms with Gasteiger partial charge in [0.15, 0.2) is 15.0 Å². The second kappa shape index (κ2) is 5.60. The van der Waals surface area contributed by atoms with E-state index in [1.807, 2.05) is 11.9 Å². The van der Waals surface area contributed by atoms with Gasteiger partial charge in [-0.05, 0) is 7.05 Å². The quantitative estimate of drug-likeness (QED) is 0.813. The van der Waals surface area contributed by atoms with Crippen LogP contribution in [-0.4, -0.2) is 43.4 Å². The van der Waals surface area contributed by atoms with Crippen molar-refractivity contribution in [3.05, 3.63) is 11.1 Å². The van der Waals surface area contributed by atoms with Gasteiger partial charge in [-0.1, -0.05) is 6.92 Å². The van der Waals surface area contributed by atoms with Gasteiger partial charge in [0.2, 0.25) is 0 Å². The lowest BCUT2D eigenvalue weighted by Crippen LogP contribution is -2.25. The minimum Gasteiger partial charge on any atom is -0.375 e. The number of hydrogen-bond donors (Lipinski definition) is 1. The summed E-state index contributed by atoms with van der Waals surface area (Å²) >= 11 is 1.43. The zero-order valence-corrected chi connectivity index (χ0v) is 11.1. The second-order valence-electron chi connectivity index (χ2n) is 3.64. The van der Waals surface area contributed by atoms with Crippen LogP contribution in [0.5, 0.6) is 0 Å². The Morgan fingerprint density at radius 1 is 1.56 bits per heavy atom. The molecule has 0 amide bonds. The molecule has 1 rings (SSSR count). The normalized spacial score (nSPS) is 12.2. The lowest BCUT2D eigenvalue weighted by Gasteiger charge is -2.14. The van der Waals surface area contributed by atoms with E-state index in [1.54, 1.807) is 13.1 Å². The first-order chi connectivity index (χ1) is 7.43. The molecule has 16 heavy (non-hydrogen) atoms. The first-order valence-electron chi connectivity index (χ1n) is 5.02. The van der Waals surface area contributed by atoms with Crippen LogP contribution in [0.3, 0.4) is 0 Å². The van der Waals surface area contributed by atoms with Crippen LogP contribution < -0.4 is 5.73 Å². The lowest BCUT2D eigenvalue weighted by molar-refractivity contribution is 0.349. The molecule has 5 nitrogen and oxygen atoms in total. The molecule has 1 heterocycles. The molecule has 2 N–H and O–H groups in total. The smallest absolute Gasteiger partial charge is 0.180 e. The predicted molar refractivity (Wildman–Crippen MR) is 67.2 cm³/mol. The van der Waals surface area contributed by atoms with Crippen molar-refractivity contribution in [1.29, 1.82) is 0 Å². The van der Waals surface area contributed by atoms with Gasteiger partial charge in [-0.25, -0.2) is 13.4 Å². The zero-order valence-electron chi connectivity index (χ0n) is 9.51. The van der Waals surface area contributed by atoms with Crippen molar-refractivity contribution < 1.29 is 8.42 Å². The minimum atomic E-state index is -2.88. The van der Waals surface area contributed by atoms with Crippen LogP contribution in [0.4, 0.5) is 5.13 Å². The fourth-order valence-electron chi connectivity index (χ4n) is 1.18. The van der Waals surface area contributed by atoms with E-state index in [9.17, 15) is 8.42 Å². The number of aromatic nitrogens is 1. The summed E-state index contributed by atoms with van der Waals surface area (Å²) < 4.78 is 22.6.